The summed E-state index contributed by atoms with van der Waals surface area (Å²) in [6.45, 7) is 0. The molecule has 0 aromatic heterocycles. The molecule has 0 aliphatic carbocycles. The van der Waals surface area contributed by atoms with Crippen LogP contribution in [0.2, 0.25) is 0 Å². The van der Waals surface area contributed by atoms with Crippen molar-refractivity contribution in [1.82, 2.24) is 0 Å². The van der Waals surface area contributed by atoms with Gasteiger partial charge in [-0.15, -0.1) is 0 Å². The molecule has 88 valence electrons. The second-order valence-electron chi connectivity index (χ2n) is 2.53. The van der Waals surface area contributed by atoms with E-state index in [1.165, 1.54) is 0 Å². The Morgan fingerprint density at radius 2 is 1.50 bits per heavy atom. The van der Waals surface area contributed by atoms with Crippen molar-refractivity contribution < 1.29 is 27.9 Å². The zero-order valence-corrected chi connectivity index (χ0v) is 7.86. The fourth-order valence-corrected chi connectivity index (χ4v) is 0.581. The van der Waals surface area contributed by atoms with E-state index < -0.39 is 18.1 Å². The van der Waals surface area contributed by atoms with Crippen LogP contribution in [-0.2, 0) is 4.79 Å². The number of hydrogen-bond donors (Lipinski definition) is 2. The molecule has 16 heavy (non-hydrogen) atoms. The standard InChI is InChI=1S/C7H6O2.C2H2F3NO/c8-7(9)6-4-2-1-3-5-6;3-2(4,5)1(6)7/h1-5H,(H,8,9);(H2,6,7). The first-order valence-corrected chi connectivity index (χ1v) is 3.90. The van der Waals surface area contributed by atoms with Crippen LogP contribution in [0.25, 0.3) is 0 Å². The molecule has 1 amide bonds. The van der Waals surface area contributed by atoms with Gasteiger partial charge in [0.1, 0.15) is 0 Å². The van der Waals surface area contributed by atoms with Gasteiger partial charge < -0.3 is 10.8 Å². The number of aromatic carboxylic acids is 1. The van der Waals surface area contributed by atoms with Crippen molar-refractivity contribution in [2.24, 2.45) is 5.73 Å². The lowest BCUT2D eigenvalue weighted by Gasteiger charge is -1.95. The molecule has 4 nitrogen and oxygen atoms in total. The van der Waals surface area contributed by atoms with Crippen LogP contribution in [0, 0.1) is 0 Å². The maximum absolute atomic E-state index is 10.7. The number of nitrogens with two attached hydrogens (primary N) is 1. The van der Waals surface area contributed by atoms with Crippen molar-refractivity contribution in [3.8, 4) is 0 Å². The molecule has 1 rings (SSSR count). The van der Waals surface area contributed by atoms with Gasteiger partial charge in [-0.05, 0) is 12.1 Å². The number of carbonyl (C=O) groups is 2. The van der Waals surface area contributed by atoms with Crippen LogP contribution in [0.5, 0.6) is 0 Å². The fraction of sp³-hybridized carbons (Fsp3) is 0.111. The van der Waals surface area contributed by atoms with Gasteiger partial charge in [0, 0.05) is 0 Å². The van der Waals surface area contributed by atoms with E-state index in [9.17, 15) is 18.0 Å². The predicted molar refractivity (Wildman–Crippen MR) is 48.7 cm³/mol. The normalized spacial score (nSPS) is 9.94. The maximum atomic E-state index is 10.7. The number of halogens is 3. The summed E-state index contributed by atoms with van der Waals surface area (Å²) in [7, 11) is 0. The number of alkyl halides is 3. The molecule has 0 aliphatic heterocycles. The van der Waals surface area contributed by atoms with Gasteiger partial charge in [0.2, 0.25) is 0 Å². The highest BCUT2D eigenvalue weighted by molar-refractivity contribution is 5.87. The number of carboxylic acids is 1. The van der Waals surface area contributed by atoms with Gasteiger partial charge in [0.15, 0.2) is 0 Å². The monoisotopic (exact) mass is 235 g/mol. The summed E-state index contributed by atoms with van der Waals surface area (Å²) < 4.78 is 32.1. The Labute approximate surface area is 88.5 Å². The van der Waals surface area contributed by atoms with Crippen LogP contribution in [-0.4, -0.2) is 23.2 Å². The smallest absolute Gasteiger partial charge is 0.470 e. The third-order valence-electron chi connectivity index (χ3n) is 1.30. The largest absolute Gasteiger partial charge is 0.478 e. The van der Waals surface area contributed by atoms with Crippen molar-refractivity contribution in [3.05, 3.63) is 35.9 Å². The van der Waals surface area contributed by atoms with Gasteiger partial charge in [0.05, 0.1) is 5.56 Å². The number of carboxylic acid groups (broad SMARTS) is 1. The number of hydrogen-bond acceptors (Lipinski definition) is 2. The summed E-state index contributed by atoms with van der Waals surface area (Å²) >= 11 is 0. The lowest BCUT2D eigenvalue weighted by atomic mass is 10.2. The highest BCUT2D eigenvalue weighted by atomic mass is 19.4. The molecule has 0 unspecified atom stereocenters. The molecule has 7 heteroatoms. The summed E-state index contributed by atoms with van der Waals surface area (Å²) in [5.41, 5.74) is 4.14. The zero-order valence-electron chi connectivity index (χ0n) is 7.86. The van der Waals surface area contributed by atoms with E-state index in [0.717, 1.165) is 0 Å². The lowest BCUT2D eigenvalue weighted by molar-refractivity contribution is -0.169. The molecule has 0 radical (unpaired) electrons. The minimum atomic E-state index is -4.86. The molecule has 0 fully saturated rings. The van der Waals surface area contributed by atoms with Crippen molar-refractivity contribution in [2.45, 2.75) is 6.18 Å². The number of amides is 1. The van der Waals surface area contributed by atoms with E-state index >= 15 is 0 Å². The summed E-state index contributed by atoms with van der Waals surface area (Å²) in [5, 5.41) is 8.38. The molecule has 0 spiro atoms. The Morgan fingerprint density at radius 3 is 1.69 bits per heavy atom. The maximum Gasteiger partial charge on any atom is 0.470 e. The van der Waals surface area contributed by atoms with Crippen LogP contribution >= 0.6 is 0 Å². The van der Waals surface area contributed by atoms with E-state index in [0.29, 0.717) is 5.56 Å². The Kier molecular flexibility index (Phi) is 5.00. The molecule has 1 aromatic rings. The summed E-state index contributed by atoms with van der Waals surface area (Å²) in [6, 6.07) is 8.30. The first-order valence-electron chi connectivity index (χ1n) is 3.90. The third-order valence-corrected chi connectivity index (χ3v) is 1.30. The van der Waals surface area contributed by atoms with Crippen molar-refractivity contribution in [2.75, 3.05) is 0 Å². The van der Waals surface area contributed by atoms with Gasteiger partial charge in [0.25, 0.3) is 0 Å². The summed E-state index contributed by atoms with van der Waals surface area (Å²) in [4.78, 5) is 19.3. The molecule has 0 saturated carbocycles. The highest BCUT2D eigenvalue weighted by Gasteiger charge is 2.35. The van der Waals surface area contributed by atoms with Gasteiger partial charge in [-0.25, -0.2) is 4.79 Å². The van der Waals surface area contributed by atoms with Crippen molar-refractivity contribution >= 4 is 11.9 Å². The van der Waals surface area contributed by atoms with Crippen LogP contribution in [0.1, 0.15) is 10.4 Å². The average molecular weight is 235 g/mol. The van der Waals surface area contributed by atoms with Gasteiger partial charge in [-0.1, -0.05) is 18.2 Å². The quantitative estimate of drug-likeness (QED) is 0.772. The second-order valence-corrected chi connectivity index (χ2v) is 2.53. The van der Waals surface area contributed by atoms with Gasteiger partial charge in [-0.2, -0.15) is 13.2 Å². The van der Waals surface area contributed by atoms with Crippen molar-refractivity contribution in [1.29, 1.82) is 0 Å². The van der Waals surface area contributed by atoms with Gasteiger partial charge in [-0.3, -0.25) is 4.79 Å². The Hall–Kier alpha value is -2.05. The fourth-order valence-electron chi connectivity index (χ4n) is 0.581. The molecular formula is C9H8F3NO3. The van der Waals surface area contributed by atoms with Crippen LogP contribution in [0.4, 0.5) is 13.2 Å². The number of rotatable bonds is 1. The second kappa shape index (κ2) is 5.74. The van der Waals surface area contributed by atoms with E-state index in [1.54, 1.807) is 30.3 Å². The topological polar surface area (TPSA) is 80.4 Å². The molecule has 0 bridgehead atoms. The van der Waals surface area contributed by atoms with Crippen LogP contribution in [0.3, 0.4) is 0 Å². The average Bonchev–Trinajstić information content (AvgIpc) is 2.18. The Bertz CT molecular complexity index is 362. The molecule has 0 saturated heterocycles. The van der Waals surface area contributed by atoms with Crippen LogP contribution < -0.4 is 5.73 Å². The predicted octanol–water partition coefficient (Wildman–Crippen LogP) is 1.42. The Balaban J connectivity index is 0.000000293. The molecule has 1 aromatic carbocycles. The zero-order chi connectivity index (χ0) is 12.8. The molecule has 0 atom stereocenters. The highest BCUT2D eigenvalue weighted by Crippen LogP contribution is 2.11. The molecule has 3 N–H and O–H groups in total. The van der Waals surface area contributed by atoms with Crippen molar-refractivity contribution in [3.63, 3.8) is 0 Å². The third kappa shape index (κ3) is 5.63. The summed E-state index contributed by atoms with van der Waals surface area (Å²) in [6.07, 6.45) is -4.86. The van der Waals surface area contributed by atoms with E-state index in [2.05, 4.69) is 5.73 Å². The molecule has 0 aliphatic rings. The van der Waals surface area contributed by atoms with E-state index in [4.69, 9.17) is 9.90 Å². The SMILES string of the molecule is NC(=O)C(F)(F)F.O=C(O)c1ccccc1. The van der Waals surface area contributed by atoms with Crippen LogP contribution in [0.15, 0.2) is 30.3 Å². The van der Waals surface area contributed by atoms with E-state index in [1.807, 2.05) is 0 Å². The number of carbonyl (C=O) groups excluding carboxylic acids is 1. The minimum Gasteiger partial charge on any atom is -0.478 e. The minimum absolute atomic E-state index is 0.331. The first kappa shape index (κ1) is 13.9. The number of primary amides is 1. The van der Waals surface area contributed by atoms with E-state index in [-0.39, 0.29) is 0 Å². The van der Waals surface area contributed by atoms with Gasteiger partial charge >= 0.3 is 18.1 Å². The Morgan fingerprint density at radius 1 is 1.12 bits per heavy atom. The molecular weight excluding hydrogens is 227 g/mol. The molecule has 0 heterocycles. The lowest BCUT2D eigenvalue weighted by Crippen LogP contribution is -2.30. The first-order chi connectivity index (χ1) is 7.25. The number of benzene rings is 1. The summed E-state index contributed by atoms with van der Waals surface area (Å²) in [5.74, 6) is -3.14.